The van der Waals surface area contributed by atoms with Gasteiger partial charge < -0.3 is 19.9 Å². The molecule has 0 spiro atoms. The lowest BCUT2D eigenvalue weighted by molar-refractivity contribution is -0.141. The van der Waals surface area contributed by atoms with E-state index < -0.39 is 42.6 Å². The minimum atomic E-state index is -4.77. The van der Waals surface area contributed by atoms with Gasteiger partial charge in [-0.25, -0.2) is 24.7 Å². The molecule has 0 radical (unpaired) electrons. The van der Waals surface area contributed by atoms with Crippen molar-refractivity contribution in [3.63, 3.8) is 0 Å². The molecule has 0 bridgehead atoms. The van der Waals surface area contributed by atoms with E-state index in [1.807, 2.05) is 6.92 Å². The molecule has 3 aliphatic rings. The van der Waals surface area contributed by atoms with Crippen molar-refractivity contribution in [1.29, 1.82) is 0 Å². The van der Waals surface area contributed by atoms with Crippen molar-refractivity contribution in [2.24, 2.45) is 10.7 Å². The molecule has 11 nitrogen and oxygen atoms in total. The number of carbonyl (C=O) groups excluding carboxylic acids is 1. The van der Waals surface area contributed by atoms with Crippen molar-refractivity contribution < 1.29 is 32.5 Å². The first-order valence-electron chi connectivity index (χ1n) is 10.3. The summed E-state index contributed by atoms with van der Waals surface area (Å²) in [5.41, 5.74) is 4.98. The summed E-state index contributed by atoms with van der Waals surface area (Å²) in [6.07, 6.45) is -3.19. The average molecular weight is 471 g/mol. The monoisotopic (exact) mass is 471 g/mol. The molecule has 1 unspecified atom stereocenters. The zero-order chi connectivity index (χ0) is 24.0. The van der Waals surface area contributed by atoms with E-state index in [9.17, 15) is 23.1 Å². The van der Waals surface area contributed by atoms with Crippen molar-refractivity contribution >= 4 is 17.6 Å². The predicted molar refractivity (Wildman–Crippen MR) is 108 cm³/mol. The van der Waals surface area contributed by atoms with E-state index in [0.29, 0.717) is 19.8 Å². The topological polar surface area (TPSA) is 138 Å². The van der Waals surface area contributed by atoms with Gasteiger partial charge in [0.15, 0.2) is 5.69 Å². The minimum absolute atomic E-state index is 0.0599. The number of nitrogens with zero attached hydrogens (tertiary/aromatic N) is 5. The maximum atomic E-state index is 13.7. The Balaban J connectivity index is 1.85. The molecule has 2 fully saturated rings. The maximum Gasteiger partial charge on any atom is 0.434 e. The number of alkyl halides is 3. The van der Waals surface area contributed by atoms with Crippen LogP contribution in [0.2, 0.25) is 0 Å². The van der Waals surface area contributed by atoms with Gasteiger partial charge >= 0.3 is 12.3 Å². The Kier molecular flexibility index (Phi) is 6.03. The van der Waals surface area contributed by atoms with Crippen molar-refractivity contribution in [1.82, 2.24) is 25.1 Å². The van der Waals surface area contributed by atoms with Crippen molar-refractivity contribution in [2.45, 2.75) is 44.1 Å². The van der Waals surface area contributed by atoms with Crippen LogP contribution in [0.15, 0.2) is 23.6 Å². The lowest BCUT2D eigenvalue weighted by atomic mass is 10.1. The maximum absolute atomic E-state index is 13.7. The number of halogens is 3. The second-order valence-electron chi connectivity index (χ2n) is 7.99. The summed E-state index contributed by atoms with van der Waals surface area (Å²) in [4.78, 5) is 27.0. The van der Waals surface area contributed by atoms with Crippen LogP contribution in [-0.2, 0) is 15.7 Å². The van der Waals surface area contributed by atoms with Crippen molar-refractivity contribution in [3.8, 4) is 0 Å². The molecule has 2 saturated heterocycles. The number of rotatable bonds is 3. The minimum Gasteiger partial charge on any atom is -0.444 e. The number of hydrogen-bond donors (Lipinski definition) is 3. The Morgan fingerprint density at radius 1 is 1.39 bits per heavy atom. The molecule has 14 heteroatoms. The predicted octanol–water partition coefficient (Wildman–Crippen LogP) is 0.330. The molecule has 4 heterocycles. The molecule has 0 aliphatic carbocycles. The van der Waals surface area contributed by atoms with Crippen LogP contribution >= 0.6 is 0 Å². The number of morpholine rings is 1. The average Bonchev–Trinajstić information content (AvgIpc) is 3.05. The quantitative estimate of drug-likeness (QED) is 0.569. The van der Waals surface area contributed by atoms with Crippen LogP contribution in [0.1, 0.15) is 25.1 Å². The smallest absolute Gasteiger partial charge is 0.434 e. The Bertz CT molecular complexity index is 988. The molecule has 4 rings (SSSR count). The fourth-order valence-corrected chi connectivity index (χ4v) is 4.12. The van der Waals surface area contributed by atoms with E-state index in [0.717, 1.165) is 17.4 Å². The van der Waals surface area contributed by atoms with E-state index in [4.69, 9.17) is 15.2 Å². The normalized spacial score (nSPS) is 31.1. The number of aliphatic imine (C=N–C) groups is 1. The van der Waals surface area contributed by atoms with E-state index >= 15 is 0 Å². The van der Waals surface area contributed by atoms with E-state index in [2.05, 4.69) is 20.3 Å². The number of nitrogens with two attached hydrogens (primary N) is 1. The molecule has 3 aliphatic heterocycles. The second kappa shape index (κ2) is 8.52. The molecular formula is C19H24F3N7O4. The van der Waals surface area contributed by atoms with Gasteiger partial charge in [0.05, 0.1) is 25.5 Å². The van der Waals surface area contributed by atoms with E-state index in [-0.39, 0.29) is 23.1 Å². The highest BCUT2D eigenvalue weighted by Crippen LogP contribution is 2.35. The Morgan fingerprint density at radius 3 is 2.82 bits per heavy atom. The fourth-order valence-electron chi connectivity index (χ4n) is 4.12. The molecule has 1 aromatic heterocycles. The Hall–Kier alpha value is -2.81. The van der Waals surface area contributed by atoms with Crippen LogP contribution in [0.25, 0.3) is 5.70 Å². The first kappa shape index (κ1) is 23.4. The number of amides is 1. The van der Waals surface area contributed by atoms with Gasteiger partial charge in [-0.1, -0.05) is 0 Å². The molecule has 0 aromatic carbocycles. The summed E-state index contributed by atoms with van der Waals surface area (Å²) in [6.45, 7) is 3.97. The summed E-state index contributed by atoms with van der Waals surface area (Å²) in [6, 6.07) is -1.04. The van der Waals surface area contributed by atoms with Crippen LogP contribution in [0.5, 0.6) is 0 Å². The highest BCUT2D eigenvalue weighted by molar-refractivity contribution is 6.08. The summed E-state index contributed by atoms with van der Waals surface area (Å²) < 4.78 is 51.7. The third-order valence-electron chi connectivity index (χ3n) is 5.74. The number of aromatic nitrogens is 2. The summed E-state index contributed by atoms with van der Waals surface area (Å²) in [5.74, 6) is -1.79. The number of carbonyl (C=O) groups is 1. The van der Waals surface area contributed by atoms with Crippen molar-refractivity contribution in [2.75, 3.05) is 26.4 Å². The first-order chi connectivity index (χ1) is 15.5. The van der Waals surface area contributed by atoms with Gasteiger partial charge in [-0.05, 0) is 13.8 Å². The van der Waals surface area contributed by atoms with Crippen LogP contribution in [-0.4, -0.2) is 87.3 Å². The van der Waals surface area contributed by atoms with Crippen LogP contribution in [0.4, 0.5) is 18.0 Å². The SMILES string of the molecule is C[C@H]1OC(=O)N(C2=NC(N)(N3CCOC[C@@H]3C)NC(c3cncnc3C(F)(F)F)=C2)[C@H]1CO. The van der Waals surface area contributed by atoms with E-state index in [1.165, 1.54) is 6.08 Å². The molecule has 1 amide bonds. The third-order valence-corrected chi connectivity index (χ3v) is 5.74. The molecule has 0 saturated carbocycles. The lowest BCUT2D eigenvalue weighted by Crippen LogP contribution is -2.70. The summed E-state index contributed by atoms with van der Waals surface area (Å²) >= 11 is 0. The standard InChI is InChI=1S/C19H24F3N7O4/c1-10-8-32-4-3-28(10)19(23)26-13(12-6-24-9-25-16(12)18(20,21)22)5-15(27-19)29-14(7-30)11(2)33-17(29)31/h5-6,9-11,14,26,30H,3-4,7-8,23H2,1-2H3/t10-,11+,14-,19?/m0/s1. The second-order valence-corrected chi connectivity index (χ2v) is 7.99. The van der Waals surface area contributed by atoms with Gasteiger partial charge in [-0.2, -0.15) is 13.2 Å². The van der Waals surface area contributed by atoms with Gasteiger partial charge in [0.2, 0.25) is 5.91 Å². The molecular weight excluding hydrogens is 447 g/mol. The number of ether oxygens (including phenoxy) is 2. The van der Waals surface area contributed by atoms with Gasteiger partial charge in [-0.3, -0.25) is 10.6 Å². The van der Waals surface area contributed by atoms with Crippen LogP contribution < -0.4 is 11.1 Å². The van der Waals surface area contributed by atoms with Gasteiger partial charge in [0, 0.05) is 30.4 Å². The van der Waals surface area contributed by atoms with E-state index in [1.54, 1.807) is 11.8 Å². The summed E-state index contributed by atoms with van der Waals surface area (Å²) in [7, 11) is 0. The van der Waals surface area contributed by atoms with Crippen LogP contribution in [0.3, 0.4) is 0 Å². The number of nitrogens with one attached hydrogen (secondary N) is 1. The van der Waals surface area contributed by atoms with Crippen LogP contribution in [0, 0.1) is 0 Å². The van der Waals surface area contributed by atoms with Gasteiger partial charge in [0.25, 0.3) is 0 Å². The number of aliphatic hydroxyl groups excluding tert-OH is 1. The van der Waals surface area contributed by atoms with Gasteiger partial charge in [0.1, 0.15) is 24.3 Å². The largest absolute Gasteiger partial charge is 0.444 e. The number of hydrogen-bond acceptors (Lipinski definition) is 10. The number of amidine groups is 1. The number of cyclic esters (lactones) is 1. The summed E-state index contributed by atoms with van der Waals surface area (Å²) in [5, 5.41) is 12.7. The van der Waals surface area contributed by atoms with Gasteiger partial charge in [-0.15, -0.1) is 0 Å². The molecule has 4 N–H and O–H groups in total. The molecule has 4 atom stereocenters. The number of aliphatic hydroxyl groups is 1. The zero-order valence-corrected chi connectivity index (χ0v) is 17.9. The Morgan fingerprint density at radius 2 is 2.15 bits per heavy atom. The fraction of sp³-hybridized carbons (Fsp3) is 0.579. The van der Waals surface area contributed by atoms with Crippen molar-refractivity contribution in [3.05, 3.63) is 29.9 Å². The highest BCUT2D eigenvalue weighted by atomic mass is 19.4. The third kappa shape index (κ3) is 4.26. The molecule has 1 aromatic rings. The Labute approximate surface area is 187 Å². The molecule has 33 heavy (non-hydrogen) atoms. The first-order valence-corrected chi connectivity index (χ1v) is 10.3. The zero-order valence-electron chi connectivity index (χ0n) is 17.9. The highest BCUT2D eigenvalue weighted by Gasteiger charge is 2.47. The molecule has 180 valence electrons. The lowest BCUT2D eigenvalue weighted by Gasteiger charge is -2.46.